The number of aromatic amines is 1. The molecule has 2 heteroatoms. The number of imidazole rings is 1. The minimum Gasteiger partial charge on any atom is -0.335 e. The molecule has 0 amide bonds. The van der Waals surface area contributed by atoms with Crippen LogP contribution in [0.1, 0.15) is 62.2 Å². The predicted molar refractivity (Wildman–Crippen MR) is 61.7 cm³/mol. The van der Waals surface area contributed by atoms with Crippen molar-refractivity contribution in [2.75, 3.05) is 0 Å². The summed E-state index contributed by atoms with van der Waals surface area (Å²) in [6, 6.07) is 0. The SMILES string of the molecule is C#Cc1[nH]c(C2CCCCC2)nc1CC. The van der Waals surface area contributed by atoms with E-state index in [2.05, 4.69) is 22.8 Å². The lowest BCUT2D eigenvalue weighted by Gasteiger charge is -2.19. The highest BCUT2D eigenvalue weighted by atomic mass is 14.9. The van der Waals surface area contributed by atoms with Gasteiger partial charge in [-0.15, -0.1) is 6.42 Å². The van der Waals surface area contributed by atoms with Gasteiger partial charge in [0, 0.05) is 5.92 Å². The Balaban J connectivity index is 2.21. The number of hydrogen-bond donors (Lipinski definition) is 1. The molecule has 1 heterocycles. The number of terminal acetylenes is 1. The zero-order chi connectivity index (χ0) is 10.7. The van der Waals surface area contributed by atoms with Crippen LogP contribution in [0.5, 0.6) is 0 Å². The Hall–Kier alpha value is -1.23. The molecule has 2 nitrogen and oxygen atoms in total. The lowest BCUT2D eigenvalue weighted by atomic mass is 9.89. The molecule has 1 saturated carbocycles. The standard InChI is InChI=1S/C13H18N2/c1-3-11-12(4-2)15-13(14-11)10-8-6-5-7-9-10/h1,10H,4-9H2,2H3,(H,14,15). The predicted octanol–water partition coefficient (Wildman–Crippen LogP) is 3.00. The van der Waals surface area contributed by atoms with Gasteiger partial charge in [-0.25, -0.2) is 4.98 Å². The van der Waals surface area contributed by atoms with Crippen molar-refractivity contribution in [2.24, 2.45) is 0 Å². The Kier molecular flexibility index (Phi) is 3.11. The molecule has 0 aliphatic heterocycles. The van der Waals surface area contributed by atoms with E-state index in [1.54, 1.807) is 0 Å². The molecule has 0 saturated heterocycles. The quantitative estimate of drug-likeness (QED) is 0.734. The van der Waals surface area contributed by atoms with Crippen LogP contribution in [0.2, 0.25) is 0 Å². The van der Waals surface area contributed by atoms with Crippen LogP contribution in [-0.4, -0.2) is 9.97 Å². The molecule has 1 aliphatic rings. The van der Waals surface area contributed by atoms with Crippen LogP contribution in [0.3, 0.4) is 0 Å². The van der Waals surface area contributed by atoms with Crippen molar-refractivity contribution in [1.29, 1.82) is 0 Å². The number of rotatable bonds is 2. The van der Waals surface area contributed by atoms with E-state index < -0.39 is 0 Å². The van der Waals surface area contributed by atoms with Crippen LogP contribution in [0.25, 0.3) is 0 Å². The second kappa shape index (κ2) is 4.53. The van der Waals surface area contributed by atoms with Crippen LogP contribution >= 0.6 is 0 Å². The molecule has 2 rings (SSSR count). The van der Waals surface area contributed by atoms with E-state index >= 15 is 0 Å². The van der Waals surface area contributed by atoms with E-state index in [-0.39, 0.29) is 0 Å². The van der Waals surface area contributed by atoms with Gasteiger partial charge in [0.1, 0.15) is 11.5 Å². The number of nitrogens with one attached hydrogen (secondary N) is 1. The second-order valence-electron chi connectivity index (χ2n) is 4.28. The molecule has 1 fully saturated rings. The summed E-state index contributed by atoms with van der Waals surface area (Å²) in [7, 11) is 0. The van der Waals surface area contributed by atoms with E-state index in [1.807, 2.05) is 0 Å². The van der Waals surface area contributed by atoms with Gasteiger partial charge in [-0.3, -0.25) is 0 Å². The highest BCUT2D eigenvalue weighted by Crippen LogP contribution is 2.31. The average Bonchev–Trinajstić information content (AvgIpc) is 2.73. The molecular weight excluding hydrogens is 184 g/mol. The fourth-order valence-electron chi connectivity index (χ4n) is 2.37. The third kappa shape index (κ3) is 2.07. The maximum Gasteiger partial charge on any atom is 0.112 e. The topological polar surface area (TPSA) is 28.7 Å². The zero-order valence-electron chi connectivity index (χ0n) is 9.34. The highest BCUT2D eigenvalue weighted by Gasteiger charge is 2.19. The minimum atomic E-state index is 0.617. The molecule has 0 aromatic carbocycles. The van der Waals surface area contributed by atoms with Gasteiger partial charge in [-0.1, -0.05) is 32.1 Å². The fraction of sp³-hybridized carbons (Fsp3) is 0.615. The minimum absolute atomic E-state index is 0.617. The first kappa shape index (κ1) is 10.3. The van der Waals surface area contributed by atoms with Gasteiger partial charge in [0.2, 0.25) is 0 Å². The number of H-pyrrole nitrogens is 1. The summed E-state index contributed by atoms with van der Waals surface area (Å²) >= 11 is 0. The second-order valence-corrected chi connectivity index (χ2v) is 4.28. The zero-order valence-corrected chi connectivity index (χ0v) is 9.34. The van der Waals surface area contributed by atoms with E-state index in [0.717, 1.165) is 23.6 Å². The molecule has 80 valence electrons. The first-order valence-corrected chi connectivity index (χ1v) is 5.90. The first-order chi connectivity index (χ1) is 7.35. The molecule has 0 atom stereocenters. The molecule has 1 aliphatic carbocycles. The molecule has 1 aromatic heterocycles. The Morgan fingerprint density at radius 1 is 1.40 bits per heavy atom. The molecule has 1 aromatic rings. The molecule has 0 radical (unpaired) electrons. The van der Waals surface area contributed by atoms with Gasteiger partial charge in [-0.2, -0.15) is 0 Å². The number of nitrogens with zero attached hydrogens (tertiary/aromatic N) is 1. The van der Waals surface area contributed by atoms with Gasteiger partial charge in [0.15, 0.2) is 0 Å². The molecule has 15 heavy (non-hydrogen) atoms. The lowest BCUT2D eigenvalue weighted by Crippen LogP contribution is -2.06. The van der Waals surface area contributed by atoms with Crippen LogP contribution < -0.4 is 0 Å². The number of hydrogen-bond acceptors (Lipinski definition) is 1. The van der Waals surface area contributed by atoms with Gasteiger partial charge in [0.25, 0.3) is 0 Å². The molecule has 1 N–H and O–H groups in total. The molecule has 0 unspecified atom stereocenters. The fourth-order valence-corrected chi connectivity index (χ4v) is 2.37. The smallest absolute Gasteiger partial charge is 0.112 e. The monoisotopic (exact) mass is 202 g/mol. The highest BCUT2D eigenvalue weighted by molar-refractivity contribution is 5.31. The lowest BCUT2D eigenvalue weighted by molar-refractivity contribution is 0.430. The van der Waals surface area contributed by atoms with Crippen LogP contribution in [0.15, 0.2) is 0 Å². The Morgan fingerprint density at radius 3 is 2.67 bits per heavy atom. The van der Waals surface area contributed by atoms with E-state index in [9.17, 15) is 0 Å². The van der Waals surface area contributed by atoms with Crippen molar-refractivity contribution >= 4 is 0 Å². The summed E-state index contributed by atoms with van der Waals surface area (Å²) in [6.07, 6.45) is 12.9. The van der Waals surface area contributed by atoms with Crippen molar-refractivity contribution in [3.05, 3.63) is 17.2 Å². The molecule has 0 spiro atoms. The summed E-state index contributed by atoms with van der Waals surface area (Å²) in [4.78, 5) is 7.93. The van der Waals surface area contributed by atoms with Crippen molar-refractivity contribution in [3.63, 3.8) is 0 Å². The summed E-state index contributed by atoms with van der Waals surface area (Å²) in [5.74, 6) is 4.43. The van der Waals surface area contributed by atoms with Gasteiger partial charge in [-0.05, 0) is 19.3 Å². The van der Waals surface area contributed by atoms with Crippen LogP contribution in [-0.2, 0) is 6.42 Å². The maximum absolute atomic E-state index is 5.45. The summed E-state index contributed by atoms with van der Waals surface area (Å²) in [6.45, 7) is 2.10. The Bertz CT molecular complexity index is 364. The number of aryl methyl sites for hydroxylation is 1. The number of aromatic nitrogens is 2. The summed E-state index contributed by atoms with van der Waals surface area (Å²) in [5.41, 5.74) is 1.94. The summed E-state index contributed by atoms with van der Waals surface area (Å²) < 4.78 is 0. The largest absolute Gasteiger partial charge is 0.335 e. The van der Waals surface area contributed by atoms with Gasteiger partial charge >= 0.3 is 0 Å². The van der Waals surface area contributed by atoms with Crippen molar-refractivity contribution in [3.8, 4) is 12.3 Å². The third-order valence-electron chi connectivity index (χ3n) is 3.27. The van der Waals surface area contributed by atoms with Gasteiger partial charge < -0.3 is 4.98 Å². The molecular formula is C13H18N2. The van der Waals surface area contributed by atoms with E-state index in [4.69, 9.17) is 6.42 Å². The van der Waals surface area contributed by atoms with Gasteiger partial charge in [0.05, 0.1) is 5.69 Å². The maximum atomic E-state index is 5.45. The first-order valence-electron chi connectivity index (χ1n) is 5.90. The van der Waals surface area contributed by atoms with Crippen molar-refractivity contribution in [1.82, 2.24) is 9.97 Å². The van der Waals surface area contributed by atoms with Crippen molar-refractivity contribution < 1.29 is 0 Å². The normalized spacial score (nSPS) is 17.6. The molecule has 0 bridgehead atoms. The Morgan fingerprint density at radius 2 is 2.13 bits per heavy atom. The van der Waals surface area contributed by atoms with Crippen LogP contribution in [0.4, 0.5) is 0 Å². The average molecular weight is 202 g/mol. The van der Waals surface area contributed by atoms with E-state index in [1.165, 1.54) is 32.1 Å². The third-order valence-corrected chi connectivity index (χ3v) is 3.27. The van der Waals surface area contributed by atoms with Crippen LogP contribution in [0, 0.1) is 12.3 Å². The van der Waals surface area contributed by atoms with E-state index in [0.29, 0.717) is 5.92 Å². The summed E-state index contributed by atoms with van der Waals surface area (Å²) in [5, 5.41) is 0. The Labute approximate surface area is 91.5 Å². The van der Waals surface area contributed by atoms with Crippen molar-refractivity contribution in [2.45, 2.75) is 51.4 Å².